The lowest BCUT2D eigenvalue weighted by Gasteiger charge is -2.39. The first-order valence-corrected chi connectivity index (χ1v) is 6.55. The zero-order valence-electron chi connectivity index (χ0n) is 11.1. The maximum atomic E-state index is 12.0. The molecule has 1 amide bonds. The quantitative estimate of drug-likeness (QED) is 0.855. The van der Waals surface area contributed by atoms with Gasteiger partial charge in [-0.1, -0.05) is 26.7 Å². The van der Waals surface area contributed by atoms with Gasteiger partial charge in [0.2, 0.25) is 5.91 Å². The first-order chi connectivity index (χ1) is 8.47. The molecule has 18 heavy (non-hydrogen) atoms. The van der Waals surface area contributed by atoms with E-state index in [9.17, 15) is 4.79 Å². The Morgan fingerprint density at radius 3 is 3.00 bits per heavy atom. The van der Waals surface area contributed by atoms with Gasteiger partial charge in [0, 0.05) is 12.2 Å². The molecule has 1 unspecified atom stereocenters. The summed E-state index contributed by atoms with van der Waals surface area (Å²) in [5, 5.41) is 7.14. The number of hydrogen-bond acceptors (Lipinski definition) is 3. The van der Waals surface area contributed by atoms with Crippen LogP contribution in [0.1, 0.15) is 39.5 Å². The van der Waals surface area contributed by atoms with Gasteiger partial charge in [0.15, 0.2) is 0 Å². The third-order valence-electron chi connectivity index (χ3n) is 3.80. The molecule has 1 fully saturated rings. The van der Waals surface area contributed by atoms with E-state index in [0.717, 1.165) is 6.42 Å². The number of amides is 1. The normalized spacial score (nSPS) is 22.7. The summed E-state index contributed by atoms with van der Waals surface area (Å²) in [4.78, 5) is 12.0. The molecule has 100 valence electrons. The molecule has 1 saturated carbocycles. The largest absolute Gasteiger partial charge is 0.396 e. The second kappa shape index (κ2) is 5.00. The highest BCUT2D eigenvalue weighted by Crippen LogP contribution is 2.35. The van der Waals surface area contributed by atoms with Crippen LogP contribution in [0, 0.1) is 5.41 Å². The number of nitrogens with two attached hydrogens (primary N) is 1. The van der Waals surface area contributed by atoms with Gasteiger partial charge in [0.25, 0.3) is 0 Å². The summed E-state index contributed by atoms with van der Waals surface area (Å²) in [6.45, 7) is 4.69. The van der Waals surface area contributed by atoms with Crippen LogP contribution >= 0.6 is 0 Å². The number of anilines is 1. The van der Waals surface area contributed by atoms with Crippen molar-refractivity contribution in [1.82, 2.24) is 15.1 Å². The third-order valence-corrected chi connectivity index (χ3v) is 3.80. The molecule has 1 aromatic rings. The molecule has 5 heteroatoms. The Morgan fingerprint density at radius 2 is 2.39 bits per heavy atom. The van der Waals surface area contributed by atoms with Gasteiger partial charge >= 0.3 is 0 Å². The van der Waals surface area contributed by atoms with E-state index in [4.69, 9.17) is 5.73 Å². The Hall–Kier alpha value is -1.52. The number of nitrogens with zero attached hydrogens (tertiary/aromatic N) is 2. The highest BCUT2D eigenvalue weighted by Gasteiger charge is 2.33. The van der Waals surface area contributed by atoms with Crippen LogP contribution in [0.15, 0.2) is 12.4 Å². The molecule has 3 N–H and O–H groups in total. The maximum Gasteiger partial charge on any atom is 0.241 e. The molecule has 0 aromatic carbocycles. The van der Waals surface area contributed by atoms with Crippen LogP contribution in [0.4, 0.5) is 5.69 Å². The third kappa shape index (κ3) is 3.03. The van der Waals surface area contributed by atoms with Crippen LogP contribution in [-0.2, 0) is 11.3 Å². The number of nitrogen functional groups attached to an aromatic ring is 1. The fourth-order valence-corrected chi connectivity index (χ4v) is 2.61. The molecule has 1 heterocycles. The lowest BCUT2D eigenvalue weighted by molar-refractivity contribution is -0.123. The van der Waals surface area contributed by atoms with E-state index >= 15 is 0 Å². The Labute approximate surface area is 108 Å². The van der Waals surface area contributed by atoms with Crippen molar-refractivity contribution in [3.63, 3.8) is 0 Å². The molecule has 0 radical (unpaired) electrons. The van der Waals surface area contributed by atoms with E-state index in [2.05, 4.69) is 24.3 Å². The Bertz CT molecular complexity index is 424. The minimum Gasteiger partial charge on any atom is -0.396 e. The Kier molecular flexibility index (Phi) is 3.59. The average Bonchev–Trinajstić information content (AvgIpc) is 2.67. The highest BCUT2D eigenvalue weighted by atomic mass is 16.2. The SMILES string of the molecule is CC1(C)CCCCC1NC(=O)Cn1cc(N)cn1. The minimum absolute atomic E-state index is 0.0121. The van der Waals surface area contributed by atoms with E-state index in [-0.39, 0.29) is 23.9 Å². The summed E-state index contributed by atoms with van der Waals surface area (Å²) >= 11 is 0. The molecule has 2 rings (SSSR count). The van der Waals surface area contributed by atoms with Crippen LogP contribution in [0.25, 0.3) is 0 Å². The van der Waals surface area contributed by atoms with Gasteiger partial charge in [-0.3, -0.25) is 9.48 Å². The summed E-state index contributed by atoms with van der Waals surface area (Å²) in [7, 11) is 0. The number of nitrogens with one attached hydrogen (secondary N) is 1. The monoisotopic (exact) mass is 250 g/mol. The van der Waals surface area contributed by atoms with Crippen molar-refractivity contribution in [2.24, 2.45) is 5.41 Å². The lowest BCUT2D eigenvalue weighted by atomic mass is 9.73. The molecular weight excluding hydrogens is 228 g/mol. The Balaban J connectivity index is 1.90. The molecule has 0 spiro atoms. The topological polar surface area (TPSA) is 72.9 Å². The summed E-state index contributed by atoms with van der Waals surface area (Å²) in [6, 6.07) is 0.270. The smallest absolute Gasteiger partial charge is 0.241 e. The zero-order chi connectivity index (χ0) is 13.2. The first kappa shape index (κ1) is 12.9. The van der Waals surface area contributed by atoms with E-state index in [0.29, 0.717) is 5.69 Å². The minimum atomic E-state index is 0.0121. The summed E-state index contributed by atoms with van der Waals surface area (Å²) in [5.41, 5.74) is 6.34. The van der Waals surface area contributed by atoms with E-state index in [1.165, 1.54) is 19.3 Å². The first-order valence-electron chi connectivity index (χ1n) is 6.55. The fourth-order valence-electron chi connectivity index (χ4n) is 2.61. The molecule has 1 atom stereocenters. The average molecular weight is 250 g/mol. The number of carbonyl (C=O) groups excluding carboxylic acids is 1. The van der Waals surface area contributed by atoms with Crippen molar-refractivity contribution in [2.75, 3.05) is 5.73 Å². The summed E-state index contributed by atoms with van der Waals surface area (Å²) in [6.07, 6.45) is 7.92. The Morgan fingerprint density at radius 1 is 1.61 bits per heavy atom. The van der Waals surface area contributed by atoms with Crippen LogP contribution in [0.3, 0.4) is 0 Å². The van der Waals surface area contributed by atoms with Crippen molar-refractivity contribution < 1.29 is 4.79 Å². The molecule has 1 aliphatic rings. The van der Waals surface area contributed by atoms with Gasteiger partial charge in [0.1, 0.15) is 6.54 Å². The van der Waals surface area contributed by atoms with Gasteiger partial charge in [-0.25, -0.2) is 0 Å². The van der Waals surface area contributed by atoms with E-state index in [1.54, 1.807) is 17.1 Å². The number of carbonyl (C=O) groups is 1. The molecule has 0 bridgehead atoms. The second-order valence-electron chi connectivity index (χ2n) is 5.83. The van der Waals surface area contributed by atoms with Crippen molar-refractivity contribution in [2.45, 2.75) is 52.1 Å². The molecule has 0 aliphatic heterocycles. The molecule has 5 nitrogen and oxygen atoms in total. The zero-order valence-corrected chi connectivity index (χ0v) is 11.1. The predicted molar refractivity (Wildman–Crippen MR) is 70.8 cm³/mol. The van der Waals surface area contributed by atoms with E-state index in [1.807, 2.05) is 0 Å². The van der Waals surface area contributed by atoms with Crippen molar-refractivity contribution in [3.8, 4) is 0 Å². The summed E-state index contributed by atoms with van der Waals surface area (Å²) < 4.78 is 1.57. The molecular formula is C13H22N4O. The lowest BCUT2D eigenvalue weighted by Crippen LogP contribution is -2.47. The molecule has 0 saturated heterocycles. The van der Waals surface area contributed by atoms with E-state index < -0.39 is 0 Å². The van der Waals surface area contributed by atoms with Crippen LogP contribution in [0.5, 0.6) is 0 Å². The fraction of sp³-hybridized carbons (Fsp3) is 0.692. The van der Waals surface area contributed by atoms with Crippen LogP contribution in [0.2, 0.25) is 0 Å². The number of rotatable bonds is 3. The highest BCUT2D eigenvalue weighted by molar-refractivity contribution is 5.76. The number of hydrogen-bond donors (Lipinski definition) is 2. The molecule has 1 aliphatic carbocycles. The van der Waals surface area contributed by atoms with Gasteiger partial charge in [-0.15, -0.1) is 0 Å². The standard InChI is InChI=1S/C13H22N4O/c1-13(2)6-4-3-5-11(13)16-12(18)9-17-8-10(14)7-15-17/h7-8,11H,3-6,9,14H2,1-2H3,(H,16,18). The van der Waals surface area contributed by atoms with Gasteiger partial charge in [-0.2, -0.15) is 5.10 Å². The second-order valence-corrected chi connectivity index (χ2v) is 5.83. The maximum absolute atomic E-state index is 12.0. The number of aromatic nitrogens is 2. The molecule has 1 aromatic heterocycles. The van der Waals surface area contributed by atoms with Crippen LogP contribution in [-0.4, -0.2) is 21.7 Å². The summed E-state index contributed by atoms with van der Waals surface area (Å²) in [5.74, 6) is 0.0121. The van der Waals surface area contributed by atoms with Gasteiger partial charge < -0.3 is 11.1 Å². The van der Waals surface area contributed by atoms with Crippen molar-refractivity contribution in [3.05, 3.63) is 12.4 Å². The van der Waals surface area contributed by atoms with Crippen molar-refractivity contribution in [1.29, 1.82) is 0 Å². The van der Waals surface area contributed by atoms with Crippen LogP contribution < -0.4 is 11.1 Å². The van der Waals surface area contributed by atoms with Gasteiger partial charge in [-0.05, 0) is 18.3 Å². The predicted octanol–water partition coefficient (Wildman–Crippen LogP) is 1.55. The van der Waals surface area contributed by atoms with Gasteiger partial charge in [0.05, 0.1) is 11.9 Å². The van der Waals surface area contributed by atoms with Crippen molar-refractivity contribution >= 4 is 11.6 Å².